The molecule has 0 radical (unpaired) electrons. The van der Waals surface area contributed by atoms with Crippen LogP contribution in [0, 0.1) is 0 Å². The second kappa shape index (κ2) is 4.11. The van der Waals surface area contributed by atoms with Crippen LogP contribution in [-0.2, 0) is 11.3 Å². The Hall–Kier alpha value is -1.21. The fourth-order valence-electron chi connectivity index (χ4n) is 1.46. The smallest absolute Gasteiger partial charge is 0.236 e. The van der Waals surface area contributed by atoms with E-state index in [1.807, 2.05) is 7.05 Å². The Morgan fingerprint density at radius 2 is 2.27 bits per heavy atom. The van der Waals surface area contributed by atoms with Gasteiger partial charge in [0, 0.05) is 20.1 Å². The topological polar surface area (TPSA) is 75.3 Å². The molecule has 1 aliphatic rings. The molecular weight excluding hydrogens is 214 g/mol. The second-order valence-corrected chi connectivity index (χ2v) is 4.65. The summed E-state index contributed by atoms with van der Waals surface area (Å²) < 4.78 is 0. The van der Waals surface area contributed by atoms with Gasteiger partial charge in [0.15, 0.2) is 0 Å². The summed E-state index contributed by atoms with van der Waals surface area (Å²) in [5.74, 6) is 0.152. The number of hydrogen-bond acceptors (Lipinski definition) is 6. The molecule has 2 N–H and O–H groups in total. The van der Waals surface area contributed by atoms with Gasteiger partial charge in [0.2, 0.25) is 11.0 Å². The Bertz CT molecular complexity index is 366. The van der Waals surface area contributed by atoms with Gasteiger partial charge in [-0.15, -0.1) is 10.2 Å². The number of likely N-dealkylation sites (N-methyl/N-ethyl adjacent to an activating group) is 1. The van der Waals surface area contributed by atoms with E-state index >= 15 is 0 Å². The molecule has 0 unspecified atom stereocenters. The first-order chi connectivity index (χ1) is 7.15. The Morgan fingerprint density at radius 3 is 2.87 bits per heavy atom. The van der Waals surface area contributed by atoms with Gasteiger partial charge in [0.1, 0.15) is 5.01 Å². The maximum atomic E-state index is 11.4. The number of piperazine rings is 1. The first-order valence-corrected chi connectivity index (χ1v) is 5.51. The predicted octanol–water partition coefficient (Wildman–Crippen LogP) is -0.606. The normalized spacial score (nSPS) is 18.5. The largest absolute Gasteiger partial charge is 0.374 e. The quantitative estimate of drug-likeness (QED) is 0.730. The molecule has 0 atom stereocenters. The molecule has 0 spiro atoms. The van der Waals surface area contributed by atoms with Crippen molar-refractivity contribution < 1.29 is 4.79 Å². The molecule has 82 valence electrons. The molecular formula is C8H13N5OS. The summed E-state index contributed by atoms with van der Waals surface area (Å²) in [5.41, 5.74) is 5.48. The molecule has 1 aromatic heterocycles. The highest BCUT2D eigenvalue weighted by Crippen LogP contribution is 2.14. The van der Waals surface area contributed by atoms with E-state index in [1.165, 1.54) is 11.3 Å². The number of aromatic nitrogens is 2. The van der Waals surface area contributed by atoms with Crippen LogP contribution in [0.5, 0.6) is 0 Å². The standard InChI is InChI=1S/C8H13N5OS/c1-12-2-3-13(5-7(12)14)4-6-10-11-8(9)15-6/h2-5H2,1H3,(H2,9,11). The number of rotatable bonds is 2. The highest BCUT2D eigenvalue weighted by molar-refractivity contribution is 7.15. The molecule has 0 aromatic carbocycles. The SMILES string of the molecule is CN1CCN(Cc2nnc(N)s2)CC1=O. The van der Waals surface area contributed by atoms with Crippen LogP contribution in [0.15, 0.2) is 0 Å². The Labute approximate surface area is 91.7 Å². The molecule has 15 heavy (non-hydrogen) atoms. The van der Waals surface area contributed by atoms with Gasteiger partial charge in [0.25, 0.3) is 0 Å². The Kier molecular flexibility index (Phi) is 2.83. The van der Waals surface area contributed by atoms with Crippen molar-refractivity contribution in [3.05, 3.63) is 5.01 Å². The zero-order valence-corrected chi connectivity index (χ0v) is 9.33. The molecule has 0 bridgehead atoms. The third kappa shape index (κ3) is 2.42. The average Bonchev–Trinajstić information content (AvgIpc) is 2.58. The van der Waals surface area contributed by atoms with Crippen molar-refractivity contribution in [3.63, 3.8) is 0 Å². The van der Waals surface area contributed by atoms with E-state index in [-0.39, 0.29) is 5.91 Å². The lowest BCUT2D eigenvalue weighted by Crippen LogP contribution is -2.47. The van der Waals surface area contributed by atoms with Gasteiger partial charge >= 0.3 is 0 Å². The van der Waals surface area contributed by atoms with E-state index in [0.717, 1.165) is 18.1 Å². The number of anilines is 1. The molecule has 7 heteroatoms. The van der Waals surface area contributed by atoms with Crippen LogP contribution < -0.4 is 5.73 Å². The Morgan fingerprint density at radius 1 is 1.47 bits per heavy atom. The van der Waals surface area contributed by atoms with Crippen molar-refractivity contribution >= 4 is 22.4 Å². The number of carbonyl (C=O) groups excluding carboxylic acids is 1. The van der Waals surface area contributed by atoms with E-state index in [4.69, 9.17) is 5.73 Å². The summed E-state index contributed by atoms with van der Waals surface area (Å²) in [6.45, 7) is 2.76. The second-order valence-electron chi connectivity index (χ2n) is 3.56. The number of amides is 1. The molecule has 1 aliphatic heterocycles. The molecule has 2 heterocycles. The predicted molar refractivity (Wildman–Crippen MR) is 57.2 cm³/mol. The number of nitrogens with two attached hydrogens (primary N) is 1. The monoisotopic (exact) mass is 227 g/mol. The molecule has 2 rings (SSSR count). The fourth-order valence-corrected chi connectivity index (χ4v) is 2.12. The number of hydrogen-bond donors (Lipinski definition) is 1. The maximum absolute atomic E-state index is 11.4. The van der Waals surface area contributed by atoms with Crippen molar-refractivity contribution in [2.75, 3.05) is 32.4 Å². The minimum Gasteiger partial charge on any atom is -0.374 e. The molecule has 6 nitrogen and oxygen atoms in total. The van der Waals surface area contributed by atoms with Crippen molar-refractivity contribution in [1.29, 1.82) is 0 Å². The minimum atomic E-state index is 0.152. The van der Waals surface area contributed by atoms with Crippen LogP contribution in [0.2, 0.25) is 0 Å². The van der Waals surface area contributed by atoms with Crippen LogP contribution in [0.25, 0.3) is 0 Å². The number of carbonyl (C=O) groups is 1. The first-order valence-electron chi connectivity index (χ1n) is 4.69. The highest BCUT2D eigenvalue weighted by atomic mass is 32.1. The van der Waals surface area contributed by atoms with Crippen LogP contribution in [0.3, 0.4) is 0 Å². The average molecular weight is 227 g/mol. The van der Waals surface area contributed by atoms with Crippen LogP contribution >= 0.6 is 11.3 Å². The summed E-state index contributed by atoms with van der Waals surface area (Å²) in [5, 5.41) is 9.01. The molecule has 1 saturated heterocycles. The highest BCUT2D eigenvalue weighted by Gasteiger charge is 2.21. The van der Waals surface area contributed by atoms with Crippen LogP contribution in [-0.4, -0.2) is 52.6 Å². The summed E-state index contributed by atoms with van der Waals surface area (Å²) >= 11 is 1.37. The molecule has 1 aromatic rings. The molecule has 1 fully saturated rings. The zero-order chi connectivity index (χ0) is 10.8. The minimum absolute atomic E-state index is 0.152. The first kappa shape index (κ1) is 10.3. The van der Waals surface area contributed by atoms with E-state index in [2.05, 4.69) is 15.1 Å². The van der Waals surface area contributed by atoms with Crippen molar-refractivity contribution in [3.8, 4) is 0 Å². The lowest BCUT2D eigenvalue weighted by atomic mass is 10.3. The lowest BCUT2D eigenvalue weighted by molar-refractivity contribution is -0.134. The molecule has 0 saturated carbocycles. The van der Waals surface area contributed by atoms with Crippen molar-refractivity contribution in [1.82, 2.24) is 20.0 Å². The van der Waals surface area contributed by atoms with Gasteiger partial charge in [-0.3, -0.25) is 9.69 Å². The summed E-state index contributed by atoms with van der Waals surface area (Å²) in [6.07, 6.45) is 0. The number of nitrogen functional groups attached to an aromatic ring is 1. The van der Waals surface area contributed by atoms with Crippen LogP contribution in [0.4, 0.5) is 5.13 Å². The van der Waals surface area contributed by atoms with Crippen molar-refractivity contribution in [2.45, 2.75) is 6.54 Å². The van der Waals surface area contributed by atoms with Crippen molar-refractivity contribution in [2.24, 2.45) is 0 Å². The lowest BCUT2D eigenvalue weighted by Gasteiger charge is -2.31. The van der Waals surface area contributed by atoms with E-state index < -0.39 is 0 Å². The van der Waals surface area contributed by atoms with Gasteiger partial charge in [-0.1, -0.05) is 11.3 Å². The van der Waals surface area contributed by atoms with Gasteiger partial charge in [0.05, 0.1) is 13.1 Å². The summed E-state index contributed by atoms with van der Waals surface area (Å²) in [7, 11) is 1.82. The van der Waals surface area contributed by atoms with Gasteiger partial charge in [-0.05, 0) is 0 Å². The fraction of sp³-hybridized carbons (Fsp3) is 0.625. The Balaban J connectivity index is 1.93. The van der Waals surface area contributed by atoms with Gasteiger partial charge in [-0.2, -0.15) is 0 Å². The van der Waals surface area contributed by atoms with Gasteiger partial charge < -0.3 is 10.6 Å². The zero-order valence-electron chi connectivity index (χ0n) is 8.51. The maximum Gasteiger partial charge on any atom is 0.236 e. The summed E-state index contributed by atoms with van der Waals surface area (Å²) in [4.78, 5) is 15.2. The van der Waals surface area contributed by atoms with E-state index in [0.29, 0.717) is 18.2 Å². The van der Waals surface area contributed by atoms with Crippen LogP contribution in [0.1, 0.15) is 5.01 Å². The third-order valence-corrected chi connectivity index (χ3v) is 3.11. The third-order valence-electron chi connectivity index (χ3n) is 2.38. The summed E-state index contributed by atoms with van der Waals surface area (Å²) in [6, 6.07) is 0. The van der Waals surface area contributed by atoms with E-state index in [9.17, 15) is 4.79 Å². The molecule has 1 amide bonds. The van der Waals surface area contributed by atoms with E-state index in [1.54, 1.807) is 4.90 Å². The number of nitrogens with zero attached hydrogens (tertiary/aromatic N) is 4. The molecule has 0 aliphatic carbocycles. The van der Waals surface area contributed by atoms with Gasteiger partial charge in [-0.25, -0.2) is 0 Å².